The van der Waals surface area contributed by atoms with Gasteiger partial charge >= 0.3 is 0 Å². The van der Waals surface area contributed by atoms with Crippen molar-refractivity contribution in [2.45, 2.75) is 9.79 Å². The molecule has 0 radical (unpaired) electrons. The Labute approximate surface area is 113 Å². The molecule has 0 aliphatic carbocycles. The normalized spacial score (nSPS) is 10.2. The number of anilines is 2. The maximum absolute atomic E-state index is 5.88. The van der Waals surface area contributed by atoms with Crippen LogP contribution >= 0.6 is 33.4 Å². The van der Waals surface area contributed by atoms with E-state index in [1.807, 2.05) is 48.5 Å². The van der Waals surface area contributed by atoms with E-state index in [1.54, 1.807) is 21.6 Å². The van der Waals surface area contributed by atoms with E-state index in [1.165, 1.54) is 0 Å². The smallest absolute Gasteiger partial charge is 0.0636 e. The minimum absolute atomic E-state index is 0.793. The molecule has 0 spiro atoms. The van der Waals surface area contributed by atoms with Gasteiger partial charge in [0.15, 0.2) is 0 Å². The maximum Gasteiger partial charge on any atom is 0.0636 e. The topological polar surface area (TPSA) is 38.0 Å². The summed E-state index contributed by atoms with van der Waals surface area (Å²) in [5.41, 5.74) is 7.58. The maximum atomic E-state index is 5.88. The first-order valence-corrected chi connectivity index (χ1v) is 7.49. The Morgan fingerprint density at radius 3 is 2.18 bits per heavy atom. The van der Waals surface area contributed by atoms with Crippen LogP contribution in [0.4, 0.5) is 11.4 Å². The number of rotatable bonds is 4. The van der Waals surface area contributed by atoms with Crippen LogP contribution in [0.15, 0.2) is 58.3 Å². The molecule has 0 aliphatic heterocycles. The molecule has 0 saturated carbocycles. The van der Waals surface area contributed by atoms with Crippen LogP contribution in [0.5, 0.6) is 0 Å². The molecule has 2 aromatic rings. The Balaban J connectivity index is 2.10. The lowest BCUT2D eigenvalue weighted by Crippen LogP contribution is -1.86. The molecular weight excluding hydrogens is 272 g/mol. The summed E-state index contributed by atoms with van der Waals surface area (Å²) in [5.74, 6) is 0. The Kier molecular flexibility index (Phi) is 4.48. The summed E-state index contributed by atoms with van der Waals surface area (Å²) in [5, 5.41) is 0. The van der Waals surface area contributed by atoms with E-state index in [0.29, 0.717) is 0 Å². The van der Waals surface area contributed by atoms with Crippen molar-refractivity contribution < 1.29 is 0 Å². The van der Waals surface area contributed by atoms with E-state index in [0.717, 1.165) is 21.2 Å². The third-order valence-electron chi connectivity index (χ3n) is 2.13. The van der Waals surface area contributed by atoms with Crippen molar-refractivity contribution in [1.82, 2.24) is 0 Å². The molecular formula is C12H11ClN2S2. The van der Waals surface area contributed by atoms with Gasteiger partial charge < -0.3 is 5.73 Å². The van der Waals surface area contributed by atoms with Gasteiger partial charge in [-0.3, -0.25) is 4.84 Å². The van der Waals surface area contributed by atoms with Crippen molar-refractivity contribution >= 4 is 44.7 Å². The number of para-hydroxylation sites is 2. The van der Waals surface area contributed by atoms with Crippen molar-refractivity contribution in [3.63, 3.8) is 0 Å². The quantitative estimate of drug-likeness (QED) is 0.487. The van der Waals surface area contributed by atoms with Gasteiger partial charge in [-0.1, -0.05) is 45.9 Å². The Morgan fingerprint density at radius 2 is 1.47 bits per heavy atom. The molecule has 0 aliphatic rings. The Morgan fingerprint density at radius 1 is 0.882 bits per heavy atom. The molecule has 2 nitrogen and oxygen atoms in total. The predicted molar refractivity (Wildman–Crippen MR) is 78.5 cm³/mol. The molecule has 88 valence electrons. The molecule has 0 heterocycles. The van der Waals surface area contributed by atoms with E-state index < -0.39 is 0 Å². The highest BCUT2D eigenvalue weighted by Gasteiger charge is 2.04. The van der Waals surface area contributed by atoms with E-state index in [9.17, 15) is 0 Å². The molecule has 0 amide bonds. The average molecular weight is 283 g/mol. The molecule has 3 N–H and O–H groups in total. The molecule has 0 atom stereocenters. The molecule has 0 fully saturated rings. The summed E-state index contributed by atoms with van der Waals surface area (Å²) in [6.07, 6.45) is 0. The molecule has 0 aromatic heterocycles. The number of hydrogen-bond acceptors (Lipinski definition) is 4. The van der Waals surface area contributed by atoms with Crippen molar-refractivity contribution in [3.05, 3.63) is 48.5 Å². The first kappa shape index (κ1) is 12.5. The third-order valence-corrected chi connectivity index (χ3v) is 4.83. The standard InChI is InChI=1S/C12H11ClN2S2/c13-15-10-6-2-4-8-12(10)17-16-11-7-3-1-5-9(11)14/h1-8,15H,14H2. The summed E-state index contributed by atoms with van der Waals surface area (Å²) in [7, 11) is 3.25. The first-order chi connectivity index (χ1) is 8.31. The highest BCUT2D eigenvalue weighted by atomic mass is 35.5. The average Bonchev–Trinajstić information content (AvgIpc) is 2.38. The van der Waals surface area contributed by atoms with E-state index >= 15 is 0 Å². The van der Waals surface area contributed by atoms with Crippen LogP contribution in [0.2, 0.25) is 0 Å². The van der Waals surface area contributed by atoms with Gasteiger partial charge in [-0.2, -0.15) is 0 Å². The fourth-order valence-corrected chi connectivity index (χ4v) is 3.74. The minimum Gasteiger partial charge on any atom is -0.398 e. The highest BCUT2D eigenvalue weighted by molar-refractivity contribution is 8.76. The number of hydrogen-bond donors (Lipinski definition) is 2. The summed E-state index contributed by atoms with van der Waals surface area (Å²) < 4.78 is 0. The van der Waals surface area contributed by atoms with Crippen LogP contribution in [-0.2, 0) is 0 Å². The van der Waals surface area contributed by atoms with Gasteiger partial charge in [0, 0.05) is 27.3 Å². The van der Waals surface area contributed by atoms with Gasteiger partial charge in [-0.25, -0.2) is 0 Å². The lowest BCUT2D eigenvalue weighted by Gasteiger charge is -2.07. The van der Waals surface area contributed by atoms with Gasteiger partial charge in [0.25, 0.3) is 0 Å². The number of halogens is 1. The van der Waals surface area contributed by atoms with Gasteiger partial charge in [0.1, 0.15) is 0 Å². The zero-order valence-corrected chi connectivity index (χ0v) is 11.3. The van der Waals surface area contributed by atoms with Crippen LogP contribution in [-0.4, -0.2) is 0 Å². The summed E-state index contributed by atoms with van der Waals surface area (Å²) in [4.78, 5) is 4.79. The second kappa shape index (κ2) is 6.10. The van der Waals surface area contributed by atoms with Crippen molar-refractivity contribution in [1.29, 1.82) is 0 Å². The van der Waals surface area contributed by atoms with Gasteiger partial charge in [-0.05, 0) is 24.3 Å². The Hall–Kier alpha value is -0.970. The second-order valence-corrected chi connectivity index (χ2v) is 5.70. The zero-order valence-electron chi connectivity index (χ0n) is 8.89. The lowest BCUT2D eigenvalue weighted by molar-refractivity contribution is 1.46. The van der Waals surface area contributed by atoms with Crippen molar-refractivity contribution in [2.24, 2.45) is 0 Å². The number of nitrogen functional groups attached to an aromatic ring is 1. The van der Waals surface area contributed by atoms with Crippen LogP contribution < -0.4 is 10.6 Å². The second-order valence-electron chi connectivity index (χ2n) is 3.30. The monoisotopic (exact) mass is 282 g/mol. The SMILES string of the molecule is Nc1ccccc1SSc1ccccc1NCl. The fourth-order valence-electron chi connectivity index (χ4n) is 1.26. The number of benzene rings is 2. The van der Waals surface area contributed by atoms with Crippen LogP contribution in [0.25, 0.3) is 0 Å². The van der Waals surface area contributed by atoms with Crippen molar-refractivity contribution in [3.8, 4) is 0 Å². The zero-order chi connectivity index (χ0) is 12.1. The molecule has 5 heteroatoms. The van der Waals surface area contributed by atoms with E-state index in [4.69, 9.17) is 17.5 Å². The van der Waals surface area contributed by atoms with Gasteiger partial charge in [0.2, 0.25) is 0 Å². The molecule has 0 saturated heterocycles. The van der Waals surface area contributed by atoms with E-state index in [-0.39, 0.29) is 0 Å². The predicted octanol–water partition coefficient (Wildman–Crippen LogP) is 4.63. The number of nitrogens with one attached hydrogen (secondary N) is 1. The molecule has 0 unspecified atom stereocenters. The largest absolute Gasteiger partial charge is 0.398 e. The van der Waals surface area contributed by atoms with Crippen LogP contribution in [0, 0.1) is 0 Å². The molecule has 17 heavy (non-hydrogen) atoms. The molecule has 0 bridgehead atoms. The van der Waals surface area contributed by atoms with Crippen molar-refractivity contribution in [2.75, 3.05) is 10.6 Å². The molecule has 2 rings (SSSR count). The summed E-state index contributed by atoms with van der Waals surface area (Å²) in [6, 6.07) is 15.7. The lowest BCUT2D eigenvalue weighted by atomic mass is 10.3. The summed E-state index contributed by atoms with van der Waals surface area (Å²) in [6.45, 7) is 0. The first-order valence-electron chi connectivity index (χ1n) is 4.96. The van der Waals surface area contributed by atoms with E-state index in [2.05, 4.69) is 4.84 Å². The summed E-state index contributed by atoms with van der Waals surface area (Å²) >= 11 is 5.65. The Bertz CT molecular complexity index is 505. The molecule has 2 aromatic carbocycles. The third kappa shape index (κ3) is 3.25. The fraction of sp³-hybridized carbons (Fsp3) is 0. The van der Waals surface area contributed by atoms with Crippen LogP contribution in [0.1, 0.15) is 0 Å². The minimum atomic E-state index is 0.793. The van der Waals surface area contributed by atoms with Crippen LogP contribution in [0.3, 0.4) is 0 Å². The highest BCUT2D eigenvalue weighted by Crippen LogP contribution is 2.42. The van der Waals surface area contributed by atoms with Gasteiger partial charge in [0.05, 0.1) is 5.69 Å². The van der Waals surface area contributed by atoms with Gasteiger partial charge in [-0.15, -0.1) is 0 Å². The number of nitrogens with two attached hydrogens (primary N) is 1.